The number of nitrogens with zero attached hydrogens (tertiary/aromatic N) is 1. The maximum atomic E-state index is 10.8. The summed E-state index contributed by atoms with van der Waals surface area (Å²) >= 11 is 0. The lowest BCUT2D eigenvalue weighted by molar-refractivity contribution is -0.386. The molecule has 0 fully saturated rings. The molecule has 1 N–H and O–H groups in total. The summed E-state index contributed by atoms with van der Waals surface area (Å²) in [4.78, 5) is 10.1. The highest BCUT2D eigenvalue weighted by Crippen LogP contribution is 2.37. The second-order valence-electron chi connectivity index (χ2n) is 3.30. The quantitative estimate of drug-likeness (QED) is 0.650. The third kappa shape index (κ3) is 2.34. The van der Waals surface area contributed by atoms with E-state index < -0.39 is 16.4 Å². The van der Waals surface area contributed by atoms with Crippen LogP contribution in [-0.2, 0) is 0 Å². The Morgan fingerprint density at radius 2 is 1.76 bits per heavy atom. The molecule has 5 nitrogen and oxygen atoms in total. The standard InChI is InChI=1S/C12H9NO4/c14-10-7-4-8-11(12(10)13(15)16)17-9-5-2-1-3-6-9/h1-8,14H. The van der Waals surface area contributed by atoms with E-state index >= 15 is 0 Å². The van der Waals surface area contributed by atoms with Crippen LogP contribution < -0.4 is 4.74 Å². The van der Waals surface area contributed by atoms with Crippen LogP contribution in [0.2, 0.25) is 0 Å². The van der Waals surface area contributed by atoms with Crippen LogP contribution in [0, 0.1) is 10.1 Å². The summed E-state index contributed by atoms with van der Waals surface area (Å²) in [6, 6.07) is 12.8. The van der Waals surface area contributed by atoms with Crippen molar-refractivity contribution in [3.05, 3.63) is 58.6 Å². The van der Waals surface area contributed by atoms with Gasteiger partial charge in [0.05, 0.1) is 4.92 Å². The van der Waals surface area contributed by atoms with Gasteiger partial charge in [-0.2, -0.15) is 0 Å². The summed E-state index contributed by atoms with van der Waals surface area (Å²) in [6.07, 6.45) is 0. The number of aromatic hydroxyl groups is 1. The zero-order valence-electron chi connectivity index (χ0n) is 8.74. The van der Waals surface area contributed by atoms with Crippen LogP contribution in [0.1, 0.15) is 0 Å². The third-order valence-electron chi connectivity index (χ3n) is 2.13. The minimum atomic E-state index is -0.673. The number of phenolic OH excluding ortho intramolecular Hbond substituents is 1. The molecular formula is C12H9NO4. The summed E-state index contributed by atoms with van der Waals surface area (Å²) in [7, 11) is 0. The molecule has 0 radical (unpaired) electrons. The van der Waals surface area contributed by atoms with Crippen molar-refractivity contribution < 1.29 is 14.8 Å². The second-order valence-corrected chi connectivity index (χ2v) is 3.30. The van der Waals surface area contributed by atoms with Gasteiger partial charge in [-0.15, -0.1) is 0 Å². The molecule has 2 rings (SSSR count). The van der Waals surface area contributed by atoms with Crippen molar-refractivity contribution in [1.82, 2.24) is 0 Å². The molecule has 0 heterocycles. The second kappa shape index (κ2) is 4.52. The van der Waals surface area contributed by atoms with Gasteiger partial charge in [0, 0.05) is 0 Å². The van der Waals surface area contributed by atoms with Crippen LogP contribution in [0.25, 0.3) is 0 Å². The number of rotatable bonds is 3. The maximum Gasteiger partial charge on any atom is 0.352 e. The molecule has 0 aliphatic rings. The molecule has 2 aromatic rings. The van der Waals surface area contributed by atoms with Gasteiger partial charge >= 0.3 is 5.69 Å². The lowest BCUT2D eigenvalue weighted by atomic mass is 10.2. The predicted octanol–water partition coefficient (Wildman–Crippen LogP) is 3.09. The third-order valence-corrected chi connectivity index (χ3v) is 2.13. The molecule has 2 aromatic carbocycles. The van der Waals surface area contributed by atoms with Crippen LogP contribution in [0.15, 0.2) is 48.5 Å². The topological polar surface area (TPSA) is 72.6 Å². The molecule has 0 unspecified atom stereocenters. The van der Waals surface area contributed by atoms with Crippen molar-refractivity contribution in [2.45, 2.75) is 0 Å². The van der Waals surface area contributed by atoms with Crippen molar-refractivity contribution in [3.8, 4) is 17.2 Å². The van der Waals surface area contributed by atoms with Gasteiger partial charge in [-0.3, -0.25) is 10.1 Å². The zero-order chi connectivity index (χ0) is 12.3. The van der Waals surface area contributed by atoms with Crippen molar-refractivity contribution in [1.29, 1.82) is 0 Å². The largest absolute Gasteiger partial charge is 0.502 e. The van der Waals surface area contributed by atoms with E-state index in [1.165, 1.54) is 18.2 Å². The number of phenols is 1. The number of nitro groups is 1. The molecule has 0 saturated carbocycles. The van der Waals surface area contributed by atoms with Crippen molar-refractivity contribution >= 4 is 5.69 Å². The maximum absolute atomic E-state index is 10.8. The summed E-state index contributed by atoms with van der Waals surface area (Å²) in [5.41, 5.74) is -0.434. The molecule has 0 aliphatic heterocycles. The van der Waals surface area contributed by atoms with Gasteiger partial charge in [-0.1, -0.05) is 24.3 Å². The van der Waals surface area contributed by atoms with E-state index in [-0.39, 0.29) is 5.75 Å². The molecule has 86 valence electrons. The zero-order valence-corrected chi connectivity index (χ0v) is 8.74. The van der Waals surface area contributed by atoms with Crippen LogP contribution >= 0.6 is 0 Å². The molecule has 0 amide bonds. The first-order chi connectivity index (χ1) is 8.18. The fourth-order valence-electron chi connectivity index (χ4n) is 1.39. The van der Waals surface area contributed by atoms with Gasteiger partial charge in [0.1, 0.15) is 5.75 Å². The molecule has 0 aliphatic carbocycles. The average molecular weight is 231 g/mol. The van der Waals surface area contributed by atoms with Gasteiger partial charge in [-0.25, -0.2) is 0 Å². The number of benzene rings is 2. The Morgan fingerprint density at radius 1 is 1.06 bits per heavy atom. The lowest BCUT2D eigenvalue weighted by Crippen LogP contribution is -1.93. The number of hydrogen-bond acceptors (Lipinski definition) is 4. The minimum absolute atomic E-state index is 0.0150. The highest BCUT2D eigenvalue weighted by Gasteiger charge is 2.20. The Labute approximate surface area is 97.0 Å². The minimum Gasteiger partial charge on any atom is -0.502 e. The Hall–Kier alpha value is -2.56. The van der Waals surface area contributed by atoms with E-state index in [1.807, 2.05) is 6.07 Å². The van der Waals surface area contributed by atoms with Crippen molar-refractivity contribution in [2.75, 3.05) is 0 Å². The van der Waals surface area contributed by atoms with E-state index in [2.05, 4.69) is 0 Å². The van der Waals surface area contributed by atoms with E-state index in [4.69, 9.17) is 4.74 Å². The van der Waals surface area contributed by atoms with Gasteiger partial charge in [0.15, 0.2) is 5.75 Å². The molecule has 17 heavy (non-hydrogen) atoms. The van der Waals surface area contributed by atoms with E-state index in [1.54, 1.807) is 24.3 Å². The predicted molar refractivity (Wildman–Crippen MR) is 61.3 cm³/mol. The smallest absolute Gasteiger partial charge is 0.352 e. The van der Waals surface area contributed by atoms with E-state index in [0.717, 1.165) is 0 Å². The molecule has 0 saturated heterocycles. The number of nitro benzene ring substituents is 1. The normalized spacial score (nSPS) is 9.88. The van der Waals surface area contributed by atoms with Gasteiger partial charge in [-0.05, 0) is 24.3 Å². The summed E-state index contributed by atoms with van der Waals surface area (Å²) < 4.78 is 5.35. The summed E-state index contributed by atoms with van der Waals surface area (Å²) in [6.45, 7) is 0. The summed E-state index contributed by atoms with van der Waals surface area (Å²) in [5.74, 6) is 0.0748. The van der Waals surface area contributed by atoms with Gasteiger partial charge in [0.25, 0.3) is 0 Å². The van der Waals surface area contributed by atoms with E-state index in [9.17, 15) is 15.2 Å². The lowest BCUT2D eigenvalue weighted by Gasteiger charge is -2.06. The molecular weight excluding hydrogens is 222 g/mol. The SMILES string of the molecule is O=[N+]([O-])c1c(O)cccc1Oc1ccccc1. The Bertz CT molecular complexity index is 539. The van der Waals surface area contributed by atoms with E-state index in [0.29, 0.717) is 5.75 Å². The van der Waals surface area contributed by atoms with Gasteiger partial charge < -0.3 is 9.84 Å². The Balaban J connectivity index is 2.40. The first-order valence-electron chi connectivity index (χ1n) is 4.88. The molecule has 0 atom stereocenters. The number of ether oxygens (including phenoxy) is 1. The first-order valence-corrected chi connectivity index (χ1v) is 4.88. The molecule has 0 bridgehead atoms. The van der Waals surface area contributed by atoms with Crippen LogP contribution in [-0.4, -0.2) is 10.0 Å². The summed E-state index contributed by atoms with van der Waals surface area (Å²) in [5, 5.41) is 20.2. The monoisotopic (exact) mass is 231 g/mol. The number of hydrogen-bond donors (Lipinski definition) is 1. The molecule has 5 heteroatoms. The highest BCUT2D eigenvalue weighted by atomic mass is 16.6. The Kier molecular flexibility index (Phi) is 2.91. The van der Waals surface area contributed by atoms with Crippen LogP contribution in [0.3, 0.4) is 0 Å². The highest BCUT2D eigenvalue weighted by molar-refractivity contribution is 5.57. The van der Waals surface area contributed by atoms with Gasteiger partial charge in [0.2, 0.25) is 5.75 Å². The van der Waals surface area contributed by atoms with Crippen molar-refractivity contribution in [3.63, 3.8) is 0 Å². The fraction of sp³-hybridized carbons (Fsp3) is 0. The Morgan fingerprint density at radius 3 is 2.41 bits per heavy atom. The first kappa shape index (κ1) is 10.9. The average Bonchev–Trinajstić information content (AvgIpc) is 2.30. The van der Waals surface area contributed by atoms with Crippen molar-refractivity contribution in [2.24, 2.45) is 0 Å². The molecule has 0 aromatic heterocycles. The fourth-order valence-corrected chi connectivity index (χ4v) is 1.39. The molecule has 0 spiro atoms. The van der Waals surface area contributed by atoms with Crippen LogP contribution in [0.5, 0.6) is 17.2 Å². The van der Waals surface area contributed by atoms with Crippen LogP contribution in [0.4, 0.5) is 5.69 Å². The number of para-hydroxylation sites is 2.